The third-order valence-corrected chi connectivity index (χ3v) is 8.15. The molecule has 2 aliphatic heterocycles. The van der Waals surface area contributed by atoms with E-state index < -0.39 is 0 Å². The zero-order valence-corrected chi connectivity index (χ0v) is 24.3. The second-order valence-electron chi connectivity index (χ2n) is 11.3. The van der Waals surface area contributed by atoms with Gasteiger partial charge in [0.1, 0.15) is 0 Å². The normalized spacial score (nSPS) is 16.6. The zero-order chi connectivity index (χ0) is 28.0. The van der Waals surface area contributed by atoms with Crippen molar-refractivity contribution < 1.29 is 14.3 Å². The second-order valence-corrected chi connectivity index (χ2v) is 11.3. The van der Waals surface area contributed by atoms with Crippen LogP contribution in [0.25, 0.3) is 0 Å². The lowest BCUT2D eigenvalue weighted by Gasteiger charge is -2.35. The van der Waals surface area contributed by atoms with E-state index in [1.54, 1.807) is 0 Å². The van der Waals surface area contributed by atoms with Crippen LogP contribution in [0, 0.1) is 5.92 Å². The Morgan fingerprint density at radius 2 is 1.70 bits per heavy atom. The number of rotatable bonds is 14. The van der Waals surface area contributed by atoms with E-state index in [4.69, 9.17) is 4.74 Å². The van der Waals surface area contributed by atoms with E-state index in [1.807, 2.05) is 18.2 Å². The largest absolute Gasteiger partial charge is 0.379 e. The quantitative estimate of drug-likeness (QED) is 0.305. The summed E-state index contributed by atoms with van der Waals surface area (Å²) in [6.07, 6.45) is 9.00. The first-order valence-corrected chi connectivity index (χ1v) is 15.4. The molecule has 2 saturated heterocycles. The summed E-state index contributed by atoms with van der Waals surface area (Å²) in [7, 11) is 0. The Bertz CT molecular complexity index is 1050. The monoisotopic (exact) mass is 548 g/mol. The molecule has 2 N–H and O–H groups in total. The van der Waals surface area contributed by atoms with Gasteiger partial charge < -0.3 is 20.3 Å². The Morgan fingerprint density at radius 1 is 0.925 bits per heavy atom. The van der Waals surface area contributed by atoms with Crippen LogP contribution in [-0.4, -0.2) is 69.2 Å². The average Bonchev–Trinajstić information content (AvgIpc) is 2.99. The van der Waals surface area contributed by atoms with Gasteiger partial charge in [0, 0.05) is 50.5 Å². The zero-order valence-electron chi connectivity index (χ0n) is 24.3. The highest BCUT2D eigenvalue weighted by atomic mass is 16.5. The van der Waals surface area contributed by atoms with E-state index in [2.05, 4.69) is 57.7 Å². The number of anilines is 2. The van der Waals surface area contributed by atoms with Crippen LogP contribution < -0.4 is 15.5 Å². The van der Waals surface area contributed by atoms with Crippen molar-refractivity contribution in [3.8, 4) is 0 Å². The summed E-state index contributed by atoms with van der Waals surface area (Å²) in [4.78, 5) is 30.8. The minimum absolute atomic E-state index is 0.0162. The summed E-state index contributed by atoms with van der Waals surface area (Å²) < 4.78 is 5.43. The summed E-state index contributed by atoms with van der Waals surface area (Å²) in [5, 5.41) is 6.19. The predicted octanol–water partition coefficient (Wildman–Crippen LogP) is 5.51. The van der Waals surface area contributed by atoms with Gasteiger partial charge in [-0.2, -0.15) is 0 Å². The van der Waals surface area contributed by atoms with Crippen molar-refractivity contribution >= 4 is 23.2 Å². The topological polar surface area (TPSA) is 73.9 Å². The van der Waals surface area contributed by atoms with Crippen molar-refractivity contribution in [3.63, 3.8) is 0 Å². The van der Waals surface area contributed by atoms with Crippen molar-refractivity contribution in [2.75, 3.05) is 62.7 Å². The molecule has 2 heterocycles. The van der Waals surface area contributed by atoms with E-state index in [9.17, 15) is 9.59 Å². The highest BCUT2D eigenvalue weighted by Gasteiger charge is 2.24. The molecule has 0 bridgehead atoms. The summed E-state index contributed by atoms with van der Waals surface area (Å²) in [5.74, 6) is 0.604. The fraction of sp³-hybridized carbons (Fsp3) is 0.576. The fourth-order valence-corrected chi connectivity index (χ4v) is 5.76. The molecular formula is C33H48N4O3. The molecule has 2 aliphatic rings. The van der Waals surface area contributed by atoms with Crippen molar-refractivity contribution in [3.05, 3.63) is 59.7 Å². The van der Waals surface area contributed by atoms with E-state index in [-0.39, 0.29) is 11.8 Å². The van der Waals surface area contributed by atoms with Crippen molar-refractivity contribution in [1.29, 1.82) is 0 Å². The number of carbonyl (C=O) groups excluding carboxylic acids is 2. The number of morpholine rings is 1. The summed E-state index contributed by atoms with van der Waals surface area (Å²) in [6.45, 7) is 9.10. The Balaban J connectivity index is 1.37. The number of carbonyl (C=O) groups is 2. The molecule has 0 atom stereocenters. The number of unbranched alkanes of at least 4 members (excludes halogenated alkanes) is 3. The van der Waals surface area contributed by atoms with Crippen LogP contribution in [0.4, 0.5) is 11.4 Å². The maximum absolute atomic E-state index is 13.5. The number of amides is 2. The van der Waals surface area contributed by atoms with E-state index in [1.165, 1.54) is 5.56 Å². The second kappa shape index (κ2) is 16.4. The Labute approximate surface area is 240 Å². The number of hydrogen-bond donors (Lipinski definition) is 2. The summed E-state index contributed by atoms with van der Waals surface area (Å²) in [5.41, 5.74) is 3.70. The van der Waals surface area contributed by atoms with Gasteiger partial charge in [0.15, 0.2) is 0 Å². The van der Waals surface area contributed by atoms with E-state index >= 15 is 0 Å². The molecule has 7 heteroatoms. The van der Waals surface area contributed by atoms with Gasteiger partial charge in [-0.15, -0.1) is 0 Å². The van der Waals surface area contributed by atoms with E-state index in [0.717, 1.165) is 103 Å². The molecule has 0 aromatic heterocycles. The van der Waals surface area contributed by atoms with Crippen LogP contribution in [0.2, 0.25) is 0 Å². The number of ether oxygens (including phenoxy) is 1. The maximum atomic E-state index is 13.5. The molecule has 218 valence electrons. The van der Waals surface area contributed by atoms with Crippen LogP contribution >= 0.6 is 0 Å². The van der Waals surface area contributed by atoms with Crippen LogP contribution in [0.1, 0.15) is 74.2 Å². The smallest absolute Gasteiger partial charge is 0.253 e. The first kappa shape index (κ1) is 30.1. The van der Waals surface area contributed by atoms with E-state index in [0.29, 0.717) is 30.1 Å². The minimum atomic E-state index is -0.0672. The van der Waals surface area contributed by atoms with Gasteiger partial charge in [-0.3, -0.25) is 14.5 Å². The van der Waals surface area contributed by atoms with Crippen molar-refractivity contribution in [2.24, 2.45) is 5.92 Å². The number of piperidine rings is 1. The van der Waals surface area contributed by atoms with Crippen molar-refractivity contribution in [2.45, 2.75) is 64.7 Å². The molecular weight excluding hydrogens is 500 g/mol. The van der Waals surface area contributed by atoms with Gasteiger partial charge >= 0.3 is 0 Å². The Hall–Kier alpha value is -2.90. The molecule has 40 heavy (non-hydrogen) atoms. The molecule has 0 saturated carbocycles. The molecule has 2 fully saturated rings. The number of benzene rings is 2. The molecule has 0 aliphatic carbocycles. The van der Waals surface area contributed by atoms with Gasteiger partial charge in [-0.1, -0.05) is 56.5 Å². The summed E-state index contributed by atoms with van der Waals surface area (Å²) >= 11 is 0. The minimum Gasteiger partial charge on any atom is -0.379 e. The maximum Gasteiger partial charge on any atom is 0.253 e. The van der Waals surface area contributed by atoms with Gasteiger partial charge in [0.25, 0.3) is 5.91 Å². The number of hydrogen-bond acceptors (Lipinski definition) is 5. The third kappa shape index (κ3) is 9.63. The molecule has 2 amide bonds. The highest BCUT2D eigenvalue weighted by molar-refractivity contribution is 6.02. The lowest BCUT2D eigenvalue weighted by Crippen LogP contribution is -2.38. The standard InChI is InChI=1S/C33H48N4O3/c1-2-3-4-8-12-32(38)35-29-13-14-31(37-19-15-28(16-20-37)25-27-10-6-5-7-11-27)30(26-29)33(39)34-17-9-18-36-21-23-40-24-22-36/h5-7,10-11,13-14,26,28H,2-4,8-9,12,15-25H2,1H3,(H,34,39)(H,35,38). The SMILES string of the molecule is CCCCCCC(=O)Nc1ccc(N2CCC(Cc3ccccc3)CC2)c(C(=O)NCCCN2CCOCC2)c1. The third-order valence-electron chi connectivity index (χ3n) is 8.15. The lowest BCUT2D eigenvalue weighted by molar-refractivity contribution is -0.116. The fourth-order valence-electron chi connectivity index (χ4n) is 5.76. The first-order chi connectivity index (χ1) is 19.6. The number of nitrogens with zero attached hydrogens (tertiary/aromatic N) is 2. The van der Waals surface area contributed by atoms with Crippen LogP contribution in [0.3, 0.4) is 0 Å². The predicted molar refractivity (Wildman–Crippen MR) is 163 cm³/mol. The average molecular weight is 549 g/mol. The highest BCUT2D eigenvalue weighted by Crippen LogP contribution is 2.30. The Morgan fingerprint density at radius 3 is 2.45 bits per heavy atom. The molecule has 7 nitrogen and oxygen atoms in total. The molecule has 0 radical (unpaired) electrons. The number of nitrogens with one attached hydrogen (secondary N) is 2. The molecule has 2 aromatic carbocycles. The van der Waals surface area contributed by atoms with Gasteiger partial charge in [-0.25, -0.2) is 0 Å². The van der Waals surface area contributed by atoms with Crippen LogP contribution in [0.15, 0.2) is 48.5 Å². The van der Waals surface area contributed by atoms with Crippen LogP contribution in [-0.2, 0) is 16.0 Å². The molecule has 0 spiro atoms. The Kier molecular flexibility index (Phi) is 12.3. The van der Waals surface area contributed by atoms with Gasteiger partial charge in [0.2, 0.25) is 5.91 Å². The van der Waals surface area contributed by atoms with Gasteiger partial charge in [0.05, 0.1) is 18.8 Å². The molecule has 4 rings (SSSR count). The lowest BCUT2D eigenvalue weighted by atomic mass is 9.89. The molecule has 0 unspecified atom stereocenters. The van der Waals surface area contributed by atoms with Crippen molar-refractivity contribution in [1.82, 2.24) is 10.2 Å². The summed E-state index contributed by atoms with van der Waals surface area (Å²) in [6, 6.07) is 16.6. The van der Waals surface area contributed by atoms with Crippen LogP contribution in [0.5, 0.6) is 0 Å². The van der Waals surface area contributed by atoms with Gasteiger partial charge in [-0.05, 0) is 68.3 Å². The molecule has 2 aromatic rings. The first-order valence-electron chi connectivity index (χ1n) is 15.4.